The largest absolute Gasteiger partial charge is 0.497 e. The molecule has 0 unspecified atom stereocenters. The van der Waals surface area contributed by atoms with Gasteiger partial charge in [-0.1, -0.05) is 30.3 Å². The van der Waals surface area contributed by atoms with E-state index >= 15 is 0 Å². The third kappa shape index (κ3) is 4.73. The van der Waals surface area contributed by atoms with E-state index in [9.17, 15) is 4.79 Å². The van der Waals surface area contributed by atoms with Gasteiger partial charge in [0.1, 0.15) is 31.9 Å². The van der Waals surface area contributed by atoms with Crippen LogP contribution < -0.4 is 14.5 Å². The molecule has 0 bridgehead atoms. The molecule has 30 heavy (non-hydrogen) atoms. The Morgan fingerprint density at radius 3 is 1.97 bits per heavy atom. The zero-order valence-corrected chi connectivity index (χ0v) is 17.6. The Bertz CT molecular complexity index is 800. The lowest BCUT2D eigenvalue weighted by Crippen LogP contribution is -3.25. The highest BCUT2D eigenvalue weighted by Crippen LogP contribution is 2.19. The summed E-state index contributed by atoms with van der Waals surface area (Å²) in [6.07, 6.45) is 0. The predicted molar refractivity (Wildman–Crippen MR) is 113 cm³/mol. The number of ether oxygens (including phenoxy) is 3. The van der Waals surface area contributed by atoms with Gasteiger partial charge in [0.2, 0.25) is 11.8 Å². The van der Waals surface area contributed by atoms with Crippen molar-refractivity contribution in [2.75, 3.05) is 59.7 Å². The molecule has 0 saturated carbocycles. The van der Waals surface area contributed by atoms with E-state index in [4.69, 9.17) is 14.2 Å². The molecule has 2 aromatic rings. The Labute approximate surface area is 178 Å². The molecule has 2 aromatic carbocycles. The summed E-state index contributed by atoms with van der Waals surface area (Å²) in [5.74, 6) is 0.961. The van der Waals surface area contributed by atoms with E-state index < -0.39 is 0 Å². The number of morpholine rings is 2. The van der Waals surface area contributed by atoms with Gasteiger partial charge in [-0.15, -0.1) is 0 Å². The first-order valence-corrected chi connectivity index (χ1v) is 10.9. The monoisotopic (exact) mass is 412 g/mol. The third-order valence-corrected chi connectivity index (χ3v) is 6.30. The highest BCUT2D eigenvalue weighted by molar-refractivity contribution is 5.99. The smallest absolute Gasteiger partial charge is 0.226 e. The first-order chi connectivity index (χ1) is 14.8. The van der Waals surface area contributed by atoms with E-state index in [0.29, 0.717) is 13.2 Å². The molecule has 0 spiro atoms. The van der Waals surface area contributed by atoms with E-state index in [-0.39, 0.29) is 17.9 Å². The van der Waals surface area contributed by atoms with Crippen LogP contribution in [0.25, 0.3) is 0 Å². The van der Waals surface area contributed by atoms with Crippen LogP contribution in [0.3, 0.4) is 0 Å². The lowest BCUT2D eigenvalue weighted by molar-refractivity contribution is -0.999. The molecule has 2 N–H and O–H groups in total. The minimum atomic E-state index is -0.169. The molecule has 6 nitrogen and oxygen atoms in total. The molecule has 0 radical (unpaired) electrons. The van der Waals surface area contributed by atoms with E-state index in [1.807, 2.05) is 30.3 Å². The average Bonchev–Trinajstić information content (AvgIpc) is 2.84. The normalized spacial score (nSPS) is 20.4. The maximum Gasteiger partial charge on any atom is 0.226 e. The Morgan fingerprint density at radius 1 is 0.833 bits per heavy atom. The topological polar surface area (TPSA) is 53.6 Å². The molecule has 0 aromatic heterocycles. The SMILES string of the molecule is COc1ccc(C(=O)[C@@H]([C@@H](c2ccccc2)[NH+]2CCOCC2)[NH+]2CCOCC2)cc1. The van der Waals surface area contributed by atoms with E-state index in [2.05, 4.69) is 24.3 Å². The van der Waals surface area contributed by atoms with Crippen LogP contribution in [0.4, 0.5) is 0 Å². The van der Waals surface area contributed by atoms with Crippen LogP contribution in [0.15, 0.2) is 54.6 Å². The second-order valence-electron chi connectivity index (χ2n) is 8.00. The molecule has 6 heteroatoms. The number of nitrogens with one attached hydrogen (secondary N) is 2. The summed E-state index contributed by atoms with van der Waals surface area (Å²) in [6.45, 7) is 6.38. The fourth-order valence-electron chi connectivity index (χ4n) is 4.72. The minimum Gasteiger partial charge on any atom is -0.497 e. The molecule has 160 valence electrons. The van der Waals surface area contributed by atoms with Gasteiger partial charge in [0.25, 0.3) is 0 Å². The van der Waals surface area contributed by atoms with Gasteiger partial charge >= 0.3 is 0 Å². The minimum absolute atomic E-state index is 0.0813. The number of ketones is 1. The summed E-state index contributed by atoms with van der Waals surface area (Å²) in [5.41, 5.74) is 1.97. The van der Waals surface area contributed by atoms with Crippen molar-refractivity contribution < 1.29 is 28.8 Å². The second-order valence-corrected chi connectivity index (χ2v) is 8.00. The Morgan fingerprint density at radius 2 is 1.40 bits per heavy atom. The summed E-state index contributed by atoms with van der Waals surface area (Å²) in [5, 5.41) is 0. The number of carbonyl (C=O) groups is 1. The van der Waals surface area contributed by atoms with Crippen molar-refractivity contribution in [2.24, 2.45) is 0 Å². The van der Waals surface area contributed by atoms with Gasteiger partial charge in [-0.05, 0) is 24.3 Å². The molecule has 2 atom stereocenters. The molecule has 2 aliphatic heterocycles. The number of rotatable bonds is 7. The van der Waals surface area contributed by atoms with Crippen molar-refractivity contribution >= 4 is 5.78 Å². The Kier molecular flexibility index (Phi) is 7.12. The number of hydrogen-bond acceptors (Lipinski definition) is 4. The highest BCUT2D eigenvalue weighted by atomic mass is 16.5. The summed E-state index contributed by atoms with van der Waals surface area (Å²) in [7, 11) is 1.64. The number of methoxy groups -OCH3 is 1. The molecule has 2 saturated heterocycles. The highest BCUT2D eigenvalue weighted by Gasteiger charge is 2.45. The summed E-state index contributed by atoms with van der Waals surface area (Å²) >= 11 is 0. The zero-order valence-electron chi connectivity index (χ0n) is 17.6. The van der Waals surface area contributed by atoms with Crippen molar-refractivity contribution in [2.45, 2.75) is 12.1 Å². The van der Waals surface area contributed by atoms with Crippen LogP contribution in [-0.4, -0.2) is 71.5 Å². The Hall–Kier alpha value is -2.25. The van der Waals surface area contributed by atoms with Gasteiger partial charge in [-0.25, -0.2) is 0 Å². The van der Waals surface area contributed by atoms with Crippen molar-refractivity contribution in [3.63, 3.8) is 0 Å². The van der Waals surface area contributed by atoms with Gasteiger partial charge in [0.15, 0.2) is 6.04 Å². The molecular formula is C24H32N2O4+2. The summed E-state index contributed by atoms with van der Waals surface area (Å²) < 4.78 is 16.5. The maximum absolute atomic E-state index is 14.0. The Balaban J connectivity index is 1.73. The molecule has 0 aliphatic carbocycles. The standard InChI is InChI=1S/C24H30N2O4/c1-28-21-9-7-20(8-10-21)24(27)23(26-13-17-30-18-14-26)22(19-5-3-2-4-6-19)25-11-15-29-16-12-25/h2-10,22-23H,11-18H2,1H3/p+2/t22-,23-/m1/s1. The summed E-state index contributed by atoms with van der Waals surface area (Å²) in [4.78, 5) is 16.7. The van der Waals surface area contributed by atoms with Gasteiger partial charge in [-0.3, -0.25) is 4.79 Å². The first kappa shape index (κ1) is 21.0. The lowest BCUT2D eigenvalue weighted by Gasteiger charge is -2.39. The maximum atomic E-state index is 14.0. The number of benzene rings is 2. The zero-order chi connectivity index (χ0) is 20.8. The molecule has 4 rings (SSSR count). The van der Waals surface area contributed by atoms with Gasteiger partial charge in [-0.2, -0.15) is 0 Å². The number of Topliss-reactive ketones (excluding diaryl/α,β-unsaturated/α-hetero) is 1. The average molecular weight is 413 g/mol. The summed E-state index contributed by atoms with van der Waals surface area (Å²) in [6, 6.07) is 18.0. The van der Waals surface area contributed by atoms with E-state index in [1.54, 1.807) is 7.11 Å². The third-order valence-electron chi connectivity index (χ3n) is 6.30. The van der Waals surface area contributed by atoms with Crippen molar-refractivity contribution in [3.8, 4) is 5.75 Å². The lowest BCUT2D eigenvalue weighted by atomic mass is 9.89. The van der Waals surface area contributed by atoms with E-state index in [0.717, 1.165) is 50.7 Å². The van der Waals surface area contributed by atoms with Gasteiger partial charge in [0.05, 0.1) is 33.5 Å². The second kappa shape index (κ2) is 10.2. The van der Waals surface area contributed by atoms with Crippen LogP contribution in [0.5, 0.6) is 5.75 Å². The molecule has 0 amide bonds. The van der Waals surface area contributed by atoms with Gasteiger partial charge < -0.3 is 24.0 Å². The fourth-order valence-corrected chi connectivity index (χ4v) is 4.72. The van der Waals surface area contributed by atoms with Crippen LogP contribution >= 0.6 is 0 Å². The fraction of sp³-hybridized carbons (Fsp3) is 0.458. The molecule has 2 heterocycles. The van der Waals surface area contributed by atoms with Crippen LogP contribution in [0.1, 0.15) is 22.0 Å². The van der Waals surface area contributed by atoms with E-state index in [1.165, 1.54) is 15.4 Å². The van der Waals surface area contributed by atoms with Crippen LogP contribution in [0.2, 0.25) is 0 Å². The number of carbonyl (C=O) groups excluding carboxylic acids is 1. The van der Waals surface area contributed by atoms with Crippen LogP contribution in [-0.2, 0) is 9.47 Å². The van der Waals surface area contributed by atoms with Crippen LogP contribution in [0, 0.1) is 0 Å². The number of hydrogen-bond donors (Lipinski definition) is 2. The van der Waals surface area contributed by atoms with Crippen molar-refractivity contribution in [1.82, 2.24) is 0 Å². The first-order valence-electron chi connectivity index (χ1n) is 10.9. The molecule has 2 fully saturated rings. The van der Waals surface area contributed by atoms with Crippen molar-refractivity contribution in [1.29, 1.82) is 0 Å². The quantitative estimate of drug-likeness (QED) is 0.620. The molecule has 2 aliphatic rings. The van der Waals surface area contributed by atoms with Gasteiger partial charge in [0, 0.05) is 11.1 Å². The predicted octanol–water partition coefficient (Wildman–Crippen LogP) is -0.182. The van der Waals surface area contributed by atoms with Crippen molar-refractivity contribution in [3.05, 3.63) is 65.7 Å². The molecular weight excluding hydrogens is 380 g/mol. The number of quaternary nitrogens is 2.